The van der Waals surface area contributed by atoms with E-state index in [9.17, 15) is 4.39 Å². The summed E-state index contributed by atoms with van der Waals surface area (Å²) in [5, 5.41) is 3.74. The van der Waals surface area contributed by atoms with Crippen LogP contribution in [0, 0.1) is 5.82 Å². The number of nitrogen functional groups attached to an aromatic ring is 1. The molecule has 2 N–H and O–H groups in total. The highest BCUT2D eigenvalue weighted by Crippen LogP contribution is 2.11. The molecule has 0 unspecified atom stereocenters. The largest absolute Gasteiger partial charge is 0.368 e. The lowest BCUT2D eigenvalue weighted by Gasteiger charge is -1.99. The minimum atomic E-state index is -0.186. The molecule has 0 aliphatic heterocycles. The maximum absolute atomic E-state index is 13.2. The third kappa shape index (κ3) is 2.34. The number of hydrogen-bond acceptors (Lipinski definition) is 3. The molecule has 1 aromatic heterocycles. The minimum Gasteiger partial charge on any atom is -0.368 e. The second kappa shape index (κ2) is 4.13. The molecule has 0 spiro atoms. The second-order valence-electron chi connectivity index (χ2n) is 3.31. The van der Waals surface area contributed by atoms with Gasteiger partial charge in [0.1, 0.15) is 5.82 Å². The van der Waals surface area contributed by atoms with Crippen molar-refractivity contribution >= 4 is 5.88 Å². The molecule has 78 valence electrons. The smallest absolute Gasteiger partial charge is 0.222 e. The molecule has 1 heterocycles. The van der Waals surface area contributed by atoms with Gasteiger partial charge < -0.3 is 10.3 Å². The van der Waals surface area contributed by atoms with Crippen LogP contribution in [0.25, 0.3) is 0 Å². The lowest BCUT2D eigenvalue weighted by Crippen LogP contribution is -1.94. The number of benzene rings is 1. The first-order valence-electron chi connectivity index (χ1n) is 4.70. The minimum absolute atomic E-state index is 0.186. The van der Waals surface area contributed by atoms with Crippen molar-refractivity contribution in [3.8, 4) is 0 Å². The molecule has 0 radical (unpaired) electrons. The molecule has 0 aliphatic rings. The summed E-state index contributed by atoms with van der Waals surface area (Å²) in [5.41, 5.74) is 6.80. The van der Waals surface area contributed by atoms with Crippen LogP contribution in [0.5, 0.6) is 0 Å². The molecule has 4 heteroatoms. The molecule has 15 heavy (non-hydrogen) atoms. The summed E-state index contributed by atoms with van der Waals surface area (Å²) in [4.78, 5) is 0. The van der Waals surface area contributed by atoms with Crippen molar-refractivity contribution in [2.24, 2.45) is 0 Å². The standard InChI is InChI=1S/C11H11FN2O/c12-10-4-2-1-3-8(10)5-6-9-7-11(13)15-14-9/h1-4,7H,5-6,13H2. The number of halogens is 1. The Morgan fingerprint density at radius 1 is 1.27 bits per heavy atom. The van der Waals surface area contributed by atoms with Crippen LogP contribution in [0.15, 0.2) is 34.9 Å². The lowest BCUT2D eigenvalue weighted by atomic mass is 10.1. The van der Waals surface area contributed by atoms with Crippen LogP contribution in [0.4, 0.5) is 10.3 Å². The van der Waals surface area contributed by atoms with E-state index in [0.717, 1.165) is 5.69 Å². The van der Waals surface area contributed by atoms with Crippen molar-refractivity contribution in [1.29, 1.82) is 0 Å². The van der Waals surface area contributed by atoms with Crippen LogP contribution in [0.3, 0.4) is 0 Å². The molecule has 0 saturated heterocycles. The number of rotatable bonds is 3. The zero-order valence-corrected chi connectivity index (χ0v) is 8.11. The van der Waals surface area contributed by atoms with Gasteiger partial charge in [-0.1, -0.05) is 23.4 Å². The molecule has 0 saturated carbocycles. The van der Waals surface area contributed by atoms with Gasteiger partial charge in [0.05, 0.1) is 5.69 Å². The fourth-order valence-corrected chi connectivity index (χ4v) is 1.41. The van der Waals surface area contributed by atoms with Crippen molar-refractivity contribution in [3.63, 3.8) is 0 Å². The normalized spacial score (nSPS) is 10.5. The highest BCUT2D eigenvalue weighted by atomic mass is 19.1. The van der Waals surface area contributed by atoms with Crippen LogP contribution < -0.4 is 5.73 Å². The Hall–Kier alpha value is -1.84. The Bertz CT molecular complexity index is 453. The van der Waals surface area contributed by atoms with Crippen molar-refractivity contribution in [1.82, 2.24) is 5.16 Å². The number of anilines is 1. The first-order chi connectivity index (χ1) is 7.25. The zero-order valence-electron chi connectivity index (χ0n) is 8.11. The molecular weight excluding hydrogens is 195 g/mol. The Morgan fingerprint density at radius 3 is 2.73 bits per heavy atom. The van der Waals surface area contributed by atoms with E-state index in [0.29, 0.717) is 24.3 Å². The van der Waals surface area contributed by atoms with Gasteiger partial charge in [0.25, 0.3) is 0 Å². The molecule has 0 bridgehead atoms. The number of aryl methyl sites for hydroxylation is 2. The van der Waals surface area contributed by atoms with E-state index in [1.807, 2.05) is 6.07 Å². The van der Waals surface area contributed by atoms with E-state index in [-0.39, 0.29) is 5.82 Å². The molecule has 2 rings (SSSR count). The number of hydrogen-bond donors (Lipinski definition) is 1. The van der Waals surface area contributed by atoms with Gasteiger partial charge in [-0.15, -0.1) is 0 Å². The molecule has 0 aliphatic carbocycles. The van der Waals surface area contributed by atoms with Gasteiger partial charge in [-0.2, -0.15) is 0 Å². The molecule has 3 nitrogen and oxygen atoms in total. The van der Waals surface area contributed by atoms with E-state index < -0.39 is 0 Å². The summed E-state index contributed by atoms with van der Waals surface area (Å²) in [5.74, 6) is 0.104. The molecule has 0 amide bonds. The summed E-state index contributed by atoms with van der Waals surface area (Å²) in [6.07, 6.45) is 1.22. The fourth-order valence-electron chi connectivity index (χ4n) is 1.41. The Morgan fingerprint density at radius 2 is 2.07 bits per heavy atom. The molecule has 1 aromatic carbocycles. The summed E-state index contributed by atoms with van der Waals surface area (Å²) in [6, 6.07) is 8.36. The van der Waals surface area contributed by atoms with E-state index >= 15 is 0 Å². The van der Waals surface area contributed by atoms with Crippen LogP contribution in [-0.4, -0.2) is 5.16 Å². The van der Waals surface area contributed by atoms with Gasteiger partial charge in [-0.3, -0.25) is 0 Å². The van der Waals surface area contributed by atoms with Gasteiger partial charge in [-0.05, 0) is 24.5 Å². The number of aromatic nitrogens is 1. The average molecular weight is 206 g/mol. The highest BCUT2D eigenvalue weighted by molar-refractivity contribution is 5.25. The average Bonchev–Trinajstić information content (AvgIpc) is 2.63. The van der Waals surface area contributed by atoms with Crippen LogP contribution in [-0.2, 0) is 12.8 Å². The lowest BCUT2D eigenvalue weighted by molar-refractivity contribution is 0.427. The predicted molar refractivity (Wildman–Crippen MR) is 54.7 cm³/mol. The monoisotopic (exact) mass is 206 g/mol. The zero-order chi connectivity index (χ0) is 10.7. The summed E-state index contributed by atoms with van der Waals surface area (Å²) < 4.78 is 17.9. The SMILES string of the molecule is Nc1cc(CCc2ccccc2F)no1. The molecule has 2 aromatic rings. The van der Waals surface area contributed by atoms with E-state index in [1.165, 1.54) is 6.07 Å². The Kier molecular flexibility index (Phi) is 2.67. The second-order valence-corrected chi connectivity index (χ2v) is 3.31. The maximum Gasteiger partial charge on any atom is 0.222 e. The van der Waals surface area contributed by atoms with Crippen molar-refractivity contribution in [2.45, 2.75) is 12.8 Å². The number of nitrogens with two attached hydrogens (primary N) is 1. The first kappa shape index (κ1) is 9.71. The first-order valence-corrected chi connectivity index (χ1v) is 4.70. The molecule has 0 fully saturated rings. The molecular formula is C11H11FN2O. The van der Waals surface area contributed by atoms with Crippen molar-refractivity contribution in [3.05, 3.63) is 47.4 Å². The van der Waals surface area contributed by atoms with Gasteiger partial charge >= 0.3 is 0 Å². The van der Waals surface area contributed by atoms with Gasteiger partial charge in [0, 0.05) is 6.07 Å². The Labute approximate surface area is 86.7 Å². The number of nitrogens with zero attached hydrogens (tertiary/aromatic N) is 1. The third-order valence-electron chi connectivity index (χ3n) is 2.19. The predicted octanol–water partition coefficient (Wildman–Crippen LogP) is 2.18. The molecule has 0 atom stereocenters. The third-order valence-corrected chi connectivity index (χ3v) is 2.19. The van der Waals surface area contributed by atoms with Crippen molar-refractivity contribution < 1.29 is 8.91 Å². The Balaban J connectivity index is 2.02. The van der Waals surface area contributed by atoms with Gasteiger partial charge in [0.15, 0.2) is 0 Å². The quantitative estimate of drug-likeness (QED) is 0.837. The van der Waals surface area contributed by atoms with E-state index in [4.69, 9.17) is 10.3 Å². The van der Waals surface area contributed by atoms with Gasteiger partial charge in [-0.25, -0.2) is 4.39 Å². The van der Waals surface area contributed by atoms with Crippen LogP contribution in [0.1, 0.15) is 11.3 Å². The van der Waals surface area contributed by atoms with Gasteiger partial charge in [0.2, 0.25) is 5.88 Å². The summed E-state index contributed by atoms with van der Waals surface area (Å²) >= 11 is 0. The van der Waals surface area contributed by atoms with Crippen molar-refractivity contribution in [2.75, 3.05) is 5.73 Å². The summed E-state index contributed by atoms with van der Waals surface area (Å²) in [6.45, 7) is 0. The fraction of sp³-hybridized carbons (Fsp3) is 0.182. The van der Waals surface area contributed by atoms with E-state index in [1.54, 1.807) is 18.2 Å². The summed E-state index contributed by atoms with van der Waals surface area (Å²) in [7, 11) is 0. The van der Waals surface area contributed by atoms with Crippen LogP contribution in [0.2, 0.25) is 0 Å². The maximum atomic E-state index is 13.2. The topological polar surface area (TPSA) is 52.0 Å². The highest BCUT2D eigenvalue weighted by Gasteiger charge is 2.04. The van der Waals surface area contributed by atoms with Crippen LogP contribution >= 0.6 is 0 Å². The van der Waals surface area contributed by atoms with E-state index in [2.05, 4.69) is 5.16 Å².